The van der Waals surface area contributed by atoms with E-state index in [1.807, 2.05) is 23.1 Å². The minimum Gasteiger partial charge on any atom is -0.314 e. The highest BCUT2D eigenvalue weighted by Crippen LogP contribution is 2.18. The molecular formula is C14H26N4. The smallest absolute Gasteiger partial charge is 0.0562 e. The van der Waals surface area contributed by atoms with E-state index in [1.54, 1.807) is 0 Å². The highest BCUT2D eigenvalue weighted by Gasteiger charge is 2.25. The van der Waals surface area contributed by atoms with Crippen molar-refractivity contribution in [1.29, 1.82) is 0 Å². The first kappa shape index (κ1) is 13.6. The zero-order chi connectivity index (χ0) is 13.0. The molecule has 2 heterocycles. The van der Waals surface area contributed by atoms with E-state index in [2.05, 4.69) is 36.1 Å². The van der Waals surface area contributed by atoms with Crippen LogP contribution in [0, 0.1) is 5.92 Å². The van der Waals surface area contributed by atoms with Crippen LogP contribution in [0.5, 0.6) is 0 Å². The average molecular weight is 250 g/mol. The summed E-state index contributed by atoms with van der Waals surface area (Å²) in [6.07, 6.45) is 5.22. The molecule has 2 atom stereocenters. The molecule has 1 N–H and O–H groups in total. The lowest BCUT2D eigenvalue weighted by Crippen LogP contribution is -2.36. The fraction of sp³-hybridized carbons (Fsp3) is 0.786. The first-order chi connectivity index (χ1) is 8.65. The van der Waals surface area contributed by atoms with Gasteiger partial charge in [0.1, 0.15) is 0 Å². The number of likely N-dealkylation sites (tertiary alicyclic amines) is 1. The van der Waals surface area contributed by atoms with Crippen LogP contribution >= 0.6 is 0 Å². The minimum absolute atomic E-state index is 0.578. The van der Waals surface area contributed by atoms with Gasteiger partial charge in [-0.1, -0.05) is 13.8 Å². The molecule has 1 aromatic heterocycles. The lowest BCUT2D eigenvalue weighted by Gasteiger charge is -2.24. The Labute approximate surface area is 110 Å². The predicted molar refractivity (Wildman–Crippen MR) is 74.5 cm³/mol. The fourth-order valence-electron chi connectivity index (χ4n) is 2.63. The summed E-state index contributed by atoms with van der Waals surface area (Å²) in [5.41, 5.74) is 0. The largest absolute Gasteiger partial charge is 0.314 e. The number of hydrogen-bond acceptors (Lipinski definition) is 3. The number of rotatable bonds is 6. The van der Waals surface area contributed by atoms with Crippen molar-refractivity contribution < 1.29 is 0 Å². The first-order valence-electron chi connectivity index (χ1n) is 7.10. The summed E-state index contributed by atoms with van der Waals surface area (Å²) < 4.78 is 2.03. The van der Waals surface area contributed by atoms with E-state index >= 15 is 0 Å². The molecule has 2 unspecified atom stereocenters. The van der Waals surface area contributed by atoms with Gasteiger partial charge in [0.2, 0.25) is 0 Å². The molecule has 0 saturated carbocycles. The van der Waals surface area contributed by atoms with Crippen LogP contribution in [0.15, 0.2) is 18.5 Å². The Balaban J connectivity index is 1.74. The van der Waals surface area contributed by atoms with E-state index in [0.29, 0.717) is 12.1 Å². The second-order valence-corrected chi connectivity index (χ2v) is 5.79. The summed E-state index contributed by atoms with van der Waals surface area (Å²) in [7, 11) is 0. The molecule has 0 aliphatic carbocycles. The normalized spacial score (nSPS) is 22.8. The van der Waals surface area contributed by atoms with Crippen molar-refractivity contribution in [2.24, 2.45) is 5.92 Å². The Kier molecular flexibility index (Phi) is 4.78. The number of aromatic nitrogens is 2. The lowest BCUT2D eigenvalue weighted by molar-refractivity contribution is 0.221. The molecule has 1 fully saturated rings. The van der Waals surface area contributed by atoms with Gasteiger partial charge in [-0.3, -0.25) is 9.58 Å². The number of hydrogen-bond donors (Lipinski definition) is 1. The minimum atomic E-state index is 0.578. The van der Waals surface area contributed by atoms with E-state index in [-0.39, 0.29) is 0 Å². The molecule has 0 bridgehead atoms. The Morgan fingerprint density at radius 1 is 1.39 bits per heavy atom. The van der Waals surface area contributed by atoms with Crippen LogP contribution in [-0.4, -0.2) is 46.4 Å². The average Bonchev–Trinajstić information content (AvgIpc) is 2.96. The molecule has 2 rings (SSSR count). The summed E-state index contributed by atoms with van der Waals surface area (Å²) in [5.74, 6) is 0.812. The molecular weight excluding hydrogens is 224 g/mol. The molecule has 0 radical (unpaired) electrons. The highest BCUT2D eigenvalue weighted by molar-refractivity contribution is 4.83. The molecule has 4 heteroatoms. The van der Waals surface area contributed by atoms with Gasteiger partial charge in [-0.25, -0.2) is 0 Å². The van der Waals surface area contributed by atoms with E-state index in [0.717, 1.165) is 19.0 Å². The van der Waals surface area contributed by atoms with Crippen molar-refractivity contribution in [3.05, 3.63) is 18.5 Å². The highest BCUT2D eigenvalue weighted by atomic mass is 15.3. The van der Waals surface area contributed by atoms with Gasteiger partial charge in [-0.05, 0) is 38.4 Å². The second-order valence-electron chi connectivity index (χ2n) is 5.79. The third-order valence-electron chi connectivity index (χ3n) is 3.77. The van der Waals surface area contributed by atoms with Crippen molar-refractivity contribution in [3.63, 3.8) is 0 Å². The zero-order valence-electron chi connectivity index (χ0n) is 11.8. The Morgan fingerprint density at radius 3 is 2.89 bits per heavy atom. The molecule has 1 aliphatic heterocycles. The Bertz CT molecular complexity index is 334. The second kappa shape index (κ2) is 6.34. The Morgan fingerprint density at radius 2 is 2.22 bits per heavy atom. The SMILES string of the molecule is CC(C)NCC1CCN(C(C)Cn2cccn2)C1. The van der Waals surface area contributed by atoms with Crippen molar-refractivity contribution in [3.8, 4) is 0 Å². The summed E-state index contributed by atoms with van der Waals surface area (Å²) >= 11 is 0. The Hall–Kier alpha value is -0.870. The summed E-state index contributed by atoms with van der Waals surface area (Å²) in [5, 5.41) is 7.83. The summed E-state index contributed by atoms with van der Waals surface area (Å²) in [6, 6.07) is 3.17. The van der Waals surface area contributed by atoms with Gasteiger partial charge >= 0.3 is 0 Å². The van der Waals surface area contributed by atoms with Gasteiger partial charge in [0.05, 0.1) is 6.54 Å². The van der Waals surface area contributed by atoms with E-state index in [1.165, 1.54) is 19.5 Å². The van der Waals surface area contributed by atoms with Crippen molar-refractivity contribution in [2.75, 3.05) is 19.6 Å². The van der Waals surface area contributed by atoms with Crippen LogP contribution < -0.4 is 5.32 Å². The summed E-state index contributed by atoms with van der Waals surface area (Å²) in [6.45, 7) is 11.3. The molecule has 18 heavy (non-hydrogen) atoms. The number of nitrogens with zero attached hydrogens (tertiary/aromatic N) is 3. The maximum Gasteiger partial charge on any atom is 0.0562 e. The zero-order valence-corrected chi connectivity index (χ0v) is 11.8. The number of nitrogens with one attached hydrogen (secondary N) is 1. The van der Waals surface area contributed by atoms with Gasteiger partial charge in [0.25, 0.3) is 0 Å². The van der Waals surface area contributed by atoms with Crippen LogP contribution in [0.4, 0.5) is 0 Å². The van der Waals surface area contributed by atoms with Gasteiger partial charge < -0.3 is 5.32 Å². The topological polar surface area (TPSA) is 33.1 Å². The summed E-state index contributed by atoms with van der Waals surface area (Å²) in [4.78, 5) is 2.59. The van der Waals surface area contributed by atoms with Crippen LogP contribution in [-0.2, 0) is 6.54 Å². The van der Waals surface area contributed by atoms with Crippen molar-refractivity contribution in [2.45, 2.75) is 45.8 Å². The third kappa shape index (κ3) is 3.82. The molecule has 4 nitrogen and oxygen atoms in total. The van der Waals surface area contributed by atoms with E-state index < -0.39 is 0 Å². The van der Waals surface area contributed by atoms with E-state index in [4.69, 9.17) is 0 Å². The molecule has 1 aliphatic rings. The van der Waals surface area contributed by atoms with E-state index in [9.17, 15) is 0 Å². The van der Waals surface area contributed by atoms with Crippen LogP contribution in [0.25, 0.3) is 0 Å². The van der Waals surface area contributed by atoms with Gasteiger partial charge in [-0.2, -0.15) is 5.10 Å². The monoisotopic (exact) mass is 250 g/mol. The fourth-order valence-corrected chi connectivity index (χ4v) is 2.63. The van der Waals surface area contributed by atoms with Crippen molar-refractivity contribution in [1.82, 2.24) is 20.0 Å². The predicted octanol–water partition coefficient (Wildman–Crippen LogP) is 1.59. The van der Waals surface area contributed by atoms with Gasteiger partial charge in [0.15, 0.2) is 0 Å². The van der Waals surface area contributed by atoms with Crippen LogP contribution in [0.2, 0.25) is 0 Å². The van der Waals surface area contributed by atoms with Gasteiger partial charge in [0, 0.05) is 31.0 Å². The molecule has 0 spiro atoms. The van der Waals surface area contributed by atoms with Gasteiger partial charge in [-0.15, -0.1) is 0 Å². The third-order valence-corrected chi connectivity index (χ3v) is 3.77. The van der Waals surface area contributed by atoms with Crippen LogP contribution in [0.1, 0.15) is 27.2 Å². The quantitative estimate of drug-likeness (QED) is 0.832. The maximum atomic E-state index is 4.28. The molecule has 102 valence electrons. The van der Waals surface area contributed by atoms with Crippen molar-refractivity contribution >= 4 is 0 Å². The standard InChI is InChI=1S/C14H26N4/c1-12(2)15-9-14-5-8-17(11-14)13(3)10-18-7-4-6-16-18/h4,6-7,12-15H,5,8-11H2,1-3H3. The molecule has 1 saturated heterocycles. The molecule has 0 amide bonds. The first-order valence-corrected chi connectivity index (χ1v) is 7.10. The molecule has 1 aromatic rings. The maximum absolute atomic E-state index is 4.28. The molecule has 0 aromatic carbocycles. The van der Waals surface area contributed by atoms with Crippen LogP contribution in [0.3, 0.4) is 0 Å². The lowest BCUT2D eigenvalue weighted by atomic mass is 10.1.